The van der Waals surface area contributed by atoms with Gasteiger partial charge in [0.15, 0.2) is 23.9 Å². The van der Waals surface area contributed by atoms with Crippen molar-refractivity contribution in [2.45, 2.75) is 208 Å². The maximum absolute atomic E-state index is 16.7. The normalized spacial score (nSPS) is 30.2. The van der Waals surface area contributed by atoms with Crippen molar-refractivity contribution in [2.24, 2.45) is 35.3 Å². The lowest BCUT2D eigenvalue weighted by atomic mass is 9.54. The molecule has 18 atom stereocenters. The van der Waals surface area contributed by atoms with Crippen LogP contribution < -0.4 is 83.2 Å². The smallest absolute Gasteiger partial charge is 0.325 e. The minimum Gasteiger partial charge on any atom is -0.508 e. The molecule has 7 aliphatic heterocycles. The van der Waals surface area contributed by atoms with Crippen LogP contribution >= 0.6 is 11.6 Å². The fraction of sp³-hybridized carbons (Fsp3) is 0.489. The number of rotatable bonds is 20. The first-order valence-electron chi connectivity index (χ1n) is 42.1. The quantitative estimate of drug-likeness (QED) is 0.0487. The molecular weight excluding hydrogens is 1660 g/mol. The zero-order valence-electron chi connectivity index (χ0n) is 70.1. The number of benzene rings is 6. The molecule has 17 rings (SSSR count). The van der Waals surface area contributed by atoms with Gasteiger partial charge in [-0.05, 0) is 215 Å². The molecule has 6 aromatic carbocycles. The summed E-state index contributed by atoms with van der Waals surface area (Å²) in [5.74, 6) is -12.7. The fourth-order valence-corrected chi connectivity index (χ4v) is 18.7. The number of hydrogen-bond donors (Lipinski definition) is 21. The Kier molecular flexibility index (Phi) is 27.7. The molecule has 4 aliphatic carbocycles. The van der Waals surface area contributed by atoms with E-state index in [9.17, 15) is 60.3 Å². The monoisotopic (exact) mass is 1770 g/mol. The molecule has 10 amide bonds. The van der Waals surface area contributed by atoms with E-state index in [1.807, 2.05) is 20.8 Å². The van der Waals surface area contributed by atoms with Crippen LogP contribution in [0.15, 0.2) is 103 Å². The minimum absolute atomic E-state index is 0.0571. The van der Waals surface area contributed by atoms with E-state index >= 15 is 28.8 Å². The maximum atomic E-state index is 16.7. The largest absolute Gasteiger partial charge is 0.508 e. The number of halogens is 1. The Morgan fingerprint density at radius 2 is 1.34 bits per heavy atom. The van der Waals surface area contributed by atoms with E-state index in [2.05, 4.69) is 58.5 Å². The van der Waals surface area contributed by atoms with Gasteiger partial charge in [0.1, 0.15) is 108 Å². The van der Waals surface area contributed by atoms with Gasteiger partial charge < -0.3 is 138 Å². The van der Waals surface area contributed by atoms with E-state index in [4.69, 9.17) is 50.5 Å². The number of aliphatic hydroxyl groups excluding tert-OH is 6. The molecule has 126 heavy (non-hydrogen) atoms. The molecule has 4 saturated carbocycles. The zero-order chi connectivity index (χ0) is 90.2. The van der Waals surface area contributed by atoms with Crippen LogP contribution in [0.5, 0.6) is 51.7 Å². The minimum atomic E-state index is -2.39. The van der Waals surface area contributed by atoms with Gasteiger partial charge in [0.05, 0.1) is 36.3 Å². The second-order valence-corrected chi connectivity index (χ2v) is 34.8. The number of carbonyl (C=O) groups excluding carboxylic acids is 9. The summed E-state index contributed by atoms with van der Waals surface area (Å²) in [6, 6.07) is 5.48. The Labute approximate surface area is 729 Å². The number of amides is 10. The van der Waals surface area contributed by atoms with Gasteiger partial charge in [0.2, 0.25) is 59.3 Å². The Morgan fingerprint density at radius 1 is 0.690 bits per heavy atom. The lowest BCUT2D eigenvalue weighted by molar-refractivity contribution is -0.333. The summed E-state index contributed by atoms with van der Waals surface area (Å²) in [6.45, 7) is 10.7. The number of phenolic OH excluding ortho intramolecular Hbond substituents is 3. The second-order valence-electron chi connectivity index (χ2n) is 34.4. The third-order valence-corrected chi connectivity index (χ3v) is 25.0. The van der Waals surface area contributed by atoms with Gasteiger partial charge in [-0.1, -0.05) is 50.6 Å². The molecule has 0 spiro atoms. The standard InChI is InChI=1S/C88H107ClN12O25/c1-8-92-19-20-120-50-14-12-48(13-15-50)93-87(119)95-63(106)34-55-80(113)97-68-47-30-60(122-58-17-10-43(22-38(58)4)72(107)70(84(117)94-55)100-79(112)54(91-7)21-37(2)3)76(126-86-77(75(110)74(109)62(36-102)124-86)125-64-35-88(6,90)78(111)39(5)121-64)61(31-47)123-59-18-11-44(29-53(59)89)73(108)71-85(118)99-69(83(116)96-66-45-24-40-23-41(26-45)27-46(66)25-40)52-32-49(103)33-57(105)65(52)51-28-42(9-16-56(51)104)67(81(114)101-71)98-82(68)115/h9-18,22,28-33,37,39-41,45-46,54-55,62,64,66-75,77-78,86,91-92,102-105,107-111H,8,19-21,23-27,34-36,90H2,1-7H3,(H,94,117)(H,96,116)(H,97,113)(H,98,115)(H,99,118)(H,100,112)(H,101,114)(H2,93,95,106,119)/t39-,40?,41?,45?,46?,54+,55-,62+,64-,66?,67+,68+,69-,70+,71-,72+,73+,74+,75-,77+,78+,86-,88-/m0/s1. The van der Waals surface area contributed by atoms with E-state index in [0.717, 1.165) is 80.6 Å². The zero-order valence-corrected chi connectivity index (χ0v) is 70.8. The van der Waals surface area contributed by atoms with E-state index in [1.54, 1.807) is 12.1 Å². The molecule has 15 bridgehead atoms. The van der Waals surface area contributed by atoms with Crippen LogP contribution in [0.25, 0.3) is 11.1 Å². The summed E-state index contributed by atoms with van der Waals surface area (Å²) in [7, 11) is 1.49. The van der Waals surface area contributed by atoms with Crippen molar-refractivity contribution in [3.8, 4) is 62.9 Å². The Bertz CT molecular complexity index is 5090. The highest BCUT2D eigenvalue weighted by Crippen LogP contribution is 2.55. The van der Waals surface area contributed by atoms with Crippen LogP contribution in [0.4, 0.5) is 10.5 Å². The molecule has 0 unspecified atom stereocenters. The van der Waals surface area contributed by atoms with Gasteiger partial charge in [-0.3, -0.25) is 43.7 Å². The molecule has 676 valence electrons. The molecule has 11 aliphatic rings. The lowest BCUT2D eigenvalue weighted by Crippen LogP contribution is -2.64. The van der Waals surface area contributed by atoms with Crippen LogP contribution in [0.1, 0.15) is 150 Å². The Morgan fingerprint density at radius 3 is 1.99 bits per heavy atom. The van der Waals surface area contributed by atoms with Crippen molar-refractivity contribution in [3.63, 3.8) is 0 Å². The predicted octanol–water partition coefficient (Wildman–Crippen LogP) is 3.47. The molecule has 0 aromatic heterocycles. The van der Waals surface area contributed by atoms with Gasteiger partial charge in [-0.25, -0.2) is 4.79 Å². The van der Waals surface area contributed by atoms with Crippen molar-refractivity contribution in [1.82, 2.24) is 53.2 Å². The average molecular weight is 1770 g/mol. The summed E-state index contributed by atoms with van der Waals surface area (Å²) < 4.78 is 45.1. The van der Waals surface area contributed by atoms with Crippen LogP contribution in [0.2, 0.25) is 5.02 Å². The molecule has 7 heterocycles. The number of nitrogens with one attached hydrogen (secondary N) is 11. The van der Waals surface area contributed by atoms with Gasteiger partial charge >= 0.3 is 6.03 Å². The maximum Gasteiger partial charge on any atom is 0.325 e. The number of imide groups is 1. The van der Waals surface area contributed by atoms with Crippen molar-refractivity contribution in [3.05, 3.63) is 142 Å². The molecule has 38 heteroatoms. The Hall–Kier alpha value is -11.0. The van der Waals surface area contributed by atoms with Gasteiger partial charge in [0, 0.05) is 47.4 Å². The summed E-state index contributed by atoms with van der Waals surface area (Å²) in [5, 5.41) is 136. The number of carbonyl (C=O) groups is 9. The topological polar surface area (TPSA) is 559 Å². The number of nitrogens with two attached hydrogens (primary N) is 1. The SMILES string of the molecule is CCNCCOc1ccc(NC(=O)NC(=O)C[C@@H]2NC(=O)[C@H](NC(=O)[C@@H](CC(C)C)NC)[C@H](O)c3ccc(c(C)c3)Oc3cc4cc(c3O[C@@H]3O[C@H](CO)[C@@H](O)[C@H](O)[C@H]3O[C@H]3C[C@](C)(N)[C@H](O)[C@H](C)O3)Oc3ccc(cc3Cl)[C@@H](O)[C@@H]3NC(=O)[C@H](NC(=O)[C@@H]4NC2=O)c2ccc(O)c(c2)-c2c(O)cc(O)cc2[C@@H](C(=O)NC2C4CC5CC(C4)CC2C5)NC3=O)cc1. The first-order valence-corrected chi connectivity index (χ1v) is 42.5. The number of phenols is 3. The van der Waals surface area contributed by atoms with Crippen molar-refractivity contribution in [2.75, 3.05) is 38.7 Å². The fourth-order valence-electron chi connectivity index (χ4n) is 18.5. The molecule has 6 aromatic rings. The van der Waals surface area contributed by atoms with Crippen LogP contribution in [-0.4, -0.2) is 218 Å². The molecule has 37 nitrogen and oxygen atoms in total. The van der Waals surface area contributed by atoms with E-state index in [1.165, 1.54) is 70.3 Å². The molecular formula is C88H107ClN12O25. The number of urea groups is 1. The summed E-state index contributed by atoms with van der Waals surface area (Å²) >= 11 is 7.30. The molecule has 22 N–H and O–H groups in total. The molecule has 6 fully saturated rings. The summed E-state index contributed by atoms with van der Waals surface area (Å²) in [4.78, 5) is 139. The predicted molar refractivity (Wildman–Crippen MR) is 449 cm³/mol. The highest BCUT2D eigenvalue weighted by Gasteiger charge is 2.53. The average Bonchev–Trinajstić information content (AvgIpc) is 0.750. The first kappa shape index (κ1) is 91.2. The van der Waals surface area contributed by atoms with Gasteiger partial charge in [-0.15, -0.1) is 0 Å². The number of anilines is 1. The third kappa shape index (κ3) is 19.9. The lowest BCUT2D eigenvalue weighted by Gasteiger charge is -2.54. The van der Waals surface area contributed by atoms with Crippen molar-refractivity contribution < 1.29 is 122 Å². The number of fused-ring (bicyclic) bond motifs is 15. The van der Waals surface area contributed by atoms with Crippen LogP contribution in [0.3, 0.4) is 0 Å². The summed E-state index contributed by atoms with van der Waals surface area (Å²) in [5.41, 5.74) is 3.44. The van der Waals surface area contributed by atoms with Crippen LogP contribution in [0, 0.1) is 36.5 Å². The highest BCUT2D eigenvalue weighted by atomic mass is 35.5. The van der Waals surface area contributed by atoms with Crippen molar-refractivity contribution >= 4 is 70.6 Å². The van der Waals surface area contributed by atoms with Gasteiger partial charge in [-0.2, -0.15) is 0 Å². The van der Waals surface area contributed by atoms with Gasteiger partial charge in [0.25, 0.3) is 0 Å². The molecule has 0 radical (unpaired) electrons. The van der Waals surface area contributed by atoms with E-state index in [-0.39, 0.29) is 92.8 Å². The third-order valence-electron chi connectivity index (χ3n) is 24.7. The van der Waals surface area contributed by atoms with Crippen LogP contribution in [-0.2, 0) is 52.6 Å². The second kappa shape index (κ2) is 38.3. The number of likely N-dealkylation sites (N-methyl/N-ethyl adjacent to an activating group) is 2. The summed E-state index contributed by atoms with van der Waals surface area (Å²) in [6.07, 6.45) is -14.3. The number of aromatic hydroxyl groups is 3. The number of aryl methyl sites for hydroxylation is 1. The highest BCUT2D eigenvalue weighted by molar-refractivity contribution is 6.32. The van der Waals surface area contributed by atoms with E-state index in [0.29, 0.717) is 37.3 Å². The first-order chi connectivity index (χ1) is 60.0. The number of ether oxygens (including phenoxy) is 7. The number of aliphatic hydroxyl groups is 6. The van der Waals surface area contributed by atoms with Crippen molar-refractivity contribution in [1.29, 1.82) is 0 Å². The number of hydrogen-bond acceptors (Lipinski definition) is 28. The Balaban J connectivity index is 0.951. The van der Waals surface area contributed by atoms with E-state index < -0.39 is 221 Å². The molecule has 2 saturated heterocycles.